The molecule has 4 aromatic heterocycles. The number of likely N-dealkylation sites (tertiary alicyclic amines) is 2. The number of anilines is 1. The molecule has 2 aliphatic heterocycles. The lowest BCUT2D eigenvalue weighted by Crippen LogP contribution is -2.32. The van der Waals surface area contributed by atoms with E-state index in [1.807, 2.05) is 13.0 Å². The molecule has 21 heteroatoms. The van der Waals surface area contributed by atoms with Crippen LogP contribution < -0.4 is 24.4 Å². The molecule has 2 saturated heterocycles. The molecule has 12 rings (SSSR count). The molecule has 13 nitrogen and oxygen atoms in total. The number of piperidine rings is 2. The molecule has 0 unspecified atom stereocenters. The number of para-hydroxylation sites is 1. The van der Waals surface area contributed by atoms with Crippen molar-refractivity contribution in [3.05, 3.63) is 138 Å². The zero-order valence-corrected chi connectivity index (χ0v) is 53.4. The minimum absolute atomic E-state index is 0.0867. The van der Waals surface area contributed by atoms with Crippen molar-refractivity contribution in [3.63, 3.8) is 0 Å². The molecule has 8 aromatic rings. The third kappa shape index (κ3) is 18.6. The van der Waals surface area contributed by atoms with E-state index in [0.717, 1.165) is 61.5 Å². The molecular weight excluding hydrogens is 1190 g/mol. The largest absolute Gasteiger partial charge is 0.573 e. The van der Waals surface area contributed by atoms with Crippen LogP contribution in [0.4, 0.5) is 32.0 Å². The van der Waals surface area contributed by atoms with E-state index in [1.165, 1.54) is 141 Å². The number of rotatable bonds is 13. The number of hydrogen-bond acceptors (Lipinski definition) is 11. The quantitative estimate of drug-likeness (QED) is 0.0878. The maximum atomic E-state index is 12.6. The van der Waals surface area contributed by atoms with Crippen LogP contribution in [0.1, 0.15) is 101 Å². The van der Waals surface area contributed by atoms with E-state index in [9.17, 15) is 26.3 Å². The fourth-order valence-corrected chi connectivity index (χ4v) is 16.4. The van der Waals surface area contributed by atoms with Gasteiger partial charge in [0.15, 0.2) is 16.4 Å². The number of halogens is 7. The Labute approximate surface area is 525 Å². The van der Waals surface area contributed by atoms with Gasteiger partial charge >= 0.3 is 12.7 Å². The Morgan fingerprint density at radius 1 is 0.573 bits per heavy atom. The van der Waals surface area contributed by atoms with Gasteiger partial charge in [-0.1, -0.05) is 125 Å². The van der Waals surface area contributed by atoms with Gasteiger partial charge in [-0.25, -0.2) is 19.0 Å². The van der Waals surface area contributed by atoms with Gasteiger partial charge in [0, 0.05) is 48.6 Å². The number of imidazole rings is 2. The predicted octanol–water partition coefficient (Wildman–Crippen LogP) is 16.1. The van der Waals surface area contributed by atoms with Gasteiger partial charge in [-0.15, -0.1) is 31.4 Å². The Morgan fingerprint density at radius 2 is 1.04 bits per heavy atom. The summed E-state index contributed by atoms with van der Waals surface area (Å²) in [5.41, 5.74) is 11.0. The average Bonchev–Trinajstić information content (AvgIpc) is 2.35. The van der Waals surface area contributed by atoms with Crippen LogP contribution >= 0.6 is 19.5 Å². The fourth-order valence-electron chi connectivity index (χ4n) is 12.3. The van der Waals surface area contributed by atoms with E-state index in [1.54, 1.807) is 41.1 Å². The predicted molar refractivity (Wildman–Crippen MR) is 344 cm³/mol. The van der Waals surface area contributed by atoms with Gasteiger partial charge in [0.1, 0.15) is 11.5 Å². The summed E-state index contributed by atoms with van der Waals surface area (Å²) >= 11 is 5.99. The number of nitrogens with zero attached hydrogens (tertiary/aromatic N) is 9. The van der Waals surface area contributed by atoms with Gasteiger partial charge in [-0.2, -0.15) is 5.10 Å². The normalized spacial score (nSPS) is 16.9. The SMILES string of the molecule is CN(C)c1ccccc1-c1ccccc1P(C1CCCCC1)C1CCCCC1.CN1CCC(CO)CC1.Cc1cc2ncc(-c3cccc(OC(F)(F)F)c3)n2nc1Cl.Cc1cc2ncc(-c3cccc(OC(F)(F)F)c3)n2nc1OCC1CCN(C)CC1. The van der Waals surface area contributed by atoms with Crippen molar-refractivity contribution in [1.29, 1.82) is 0 Å². The third-order valence-electron chi connectivity index (χ3n) is 17.2. The lowest BCUT2D eigenvalue weighted by atomic mass is 9.98. The van der Waals surface area contributed by atoms with Crippen molar-refractivity contribution in [2.45, 2.75) is 128 Å². The number of benzene rings is 4. The number of aliphatic hydroxyl groups excluding tert-OH is 1. The van der Waals surface area contributed by atoms with Crippen molar-refractivity contribution < 1.29 is 45.7 Å². The Balaban J connectivity index is 0.000000149. The molecule has 4 aromatic carbocycles. The van der Waals surface area contributed by atoms with Crippen LogP contribution in [0.25, 0.3) is 44.9 Å². The maximum Gasteiger partial charge on any atom is 0.573 e. The molecule has 2 saturated carbocycles. The monoisotopic (exact) mass is 1270 g/mol. The van der Waals surface area contributed by atoms with E-state index in [-0.39, 0.29) is 19.4 Å². The summed E-state index contributed by atoms with van der Waals surface area (Å²) in [4.78, 5) is 15.4. The molecule has 0 bridgehead atoms. The first kappa shape index (κ1) is 66.9. The third-order valence-corrected chi connectivity index (χ3v) is 21.1. The van der Waals surface area contributed by atoms with Gasteiger partial charge in [0.2, 0.25) is 5.88 Å². The van der Waals surface area contributed by atoms with Gasteiger partial charge in [0.05, 0.1) is 30.4 Å². The molecule has 6 heterocycles. The smallest absolute Gasteiger partial charge is 0.476 e. The van der Waals surface area contributed by atoms with Crippen LogP contribution in [-0.4, -0.2) is 136 Å². The van der Waals surface area contributed by atoms with Crippen molar-refractivity contribution in [2.24, 2.45) is 11.8 Å². The number of aliphatic hydroxyl groups is 1. The van der Waals surface area contributed by atoms with Crippen LogP contribution in [0, 0.1) is 25.7 Å². The highest BCUT2D eigenvalue weighted by atomic mass is 35.5. The standard InChI is InChI=1S/C26H36NP.C21H23F3N4O2.C14H9ClF3N3O.C7H15NO/c1-27(2)25-19-11-9-17-23(25)24-18-10-12-20-26(24)28(21-13-5-3-6-14-21)22-15-7-4-8-16-22;1-14-10-19-25-12-18(16-4-3-5-17(11-16)30-21(22,23)24)28(19)26-20(14)29-13-15-6-8-27(2)9-7-15;1-8-5-12-19-7-11(21(12)20-13(8)15)9-3-2-4-10(6-9)22-14(16,17)18;1-8-4-2-7(6-9)3-5-8/h9-12,17-22H,3-8,13-16H2,1-2H3;3-5,10-12,15H,6-9,13H2,1-2H3;2-7H,1H3;7,9H,2-6H2,1H3. The Hall–Kier alpha value is -6.50. The zero-order valence-electron chi connectivity index (χ0n) is 51.8. The molecule has 478 valence electrons. The van der Waals surface area contributed by atoms with Gasteiger partial charge in [0.25, 0.3) is 0 Å². The highest BCUT2D eigenvalue weighted by molar-refractivity contribution is 7.67. The summed E-state index contributed by atoms with van der Waals surface area (Å²) in [5.74, 6) is 0.972. The minimum Gasteiger partial charge on any atom is -0.476 e. The first-order valence-corrected chi connectivity index (χ1v) is 32.9. The number of fused-ring (bicyclic) bond motifs is 2. The van der Waals surface area contributed by atoms with E-state index in [0.29, 0.717) is 69.9 Å². The van der Waals surface area contributed by atoms with E-state index >= 15 is 0 Å². The zero-order chi connectivity index (χ0) is 63.2. The minimum atomic E-state index is -4.75. The van der Waals surface area contributed by atoms with Gasteiger partial charge in [-0.05, 0) is 188 Å². The number of hydrogen-bond donors (Lipinski definition) is 1. The summed E-state index contributed by atoms with van der Waals surface area (Å²) < 4.78 is 91.6. The molecule has 0 amide bonds. The number of aryl methyl sites for hydroxylation is 2. The van der Waals surface area contributed by atoms with Crippen LogP contribution in [0.2, 0.25) is 5.15 Å². The van der Waals surface area contributed by atoms with Gasteiger partial charge in [-0.3, -0.25) is 0 Å². The van der Waals surface area contributed by atoms with E-state index in [2.05, 4.69) is 121 Å². The van der Waals surface area contributed by atoms with Crippen molar-refractivity contribution in [2.75, 3.05) is 72.5 Å². The molecule has 4 fully saturated rings. The topological polar surface area (TPSA) is 118 Å². The van der Waals surface area contributed by atoms with Crippen LogP contribution in [0.3, 0.4) is 0 Å². The van der Waals surface area contributed by atoms with Crippen molar-refractivity contribution >= 4 is 41.8 Å². The first-order chi connectivity index (χ1) is 42.7. The second-order valence-corrected chi connectivity index (χ2v) is 27.3. The second kappa shape index (κ2) is 31.0. The molecule has 0 radical (unpaired) electrons. The second-order valence-electron chi connectivity index (χ2n) is 24.1. The summed E-state index contributed by atoms with van der Waals surface area (Å²) in [6.07, 6.45) is 12.7. The van der Waals surface area contributed by atoms with Crippen LogP contribution in [-0.2, 0) is 0 Å². The maximum absolute atomic E-state index is 12.6. The number of aromatic nitrogens is 6. The number of ether oxygens (including phenoxy) is 3. The Bertz CT molecular complexity index is 3520. The molecule has 1 N–H and O–H groups in total. The lowest BCUT2D eigenvalue weighted by molar-refractivity contribution is -0.275. The van der Waals surface area contributed by atoms with Crippen LogP contribution in [0.15, 0.2) is 122 Å². The highest BCUT2D eigenvalue weighted by Gasteiger charge is 2.35. The summed E-state index contributed by atoms with van der Waals surface area (Å²) in [5, 5.41) is 19.5. The summed E-state index contributed by atoms with van der Waals surface area (Å²) in [7, 11) is 8.51. The molecule has 2 aliphatic carbocycles. The molecular formula is C68H83ClF6N9O4P. The molecule has 0 atom stereocenters. The summed E-state index contributed by atoms with van der Waals surface area (Å²) in [6.45, 7) is 9.10. The average molecular weight is 1270 g/mol. The molecule has 4 aliphatic rings. The van der Waals surface area contributed by atoms with Gasteiger partial charge < -0.3 is 34.0 Å². The van der Waals surface area contributed by atoms with Crippen molar-refractivity contribution in [1.82, 2.24) is 39.0 Å². The molecule has 89 heavy (non-hydrogen) atoms. The highest BCUT2D eigenvalue weighted by Crippen LogP contribution is 2.56. The van der Waals surface area contributed by atoms with Crippen LogP contribution in [0.5, 0.6) is 17.4 Å². The fraction of sp³-hybridized carbons (Fsp3) is 0.471. The molecule has 0 spiro atoms. The number of alkyl halides is 6. The van der Waals surface area contributed by atoms with E-state index < -0.39 is 12.7 Å². The summed E-state index contributed by atoms with van der Waals surface area (Å²) in [6, 6.07) is 33.4. The first-order valence-electron chi connectivity index (χ1n) is 31.0. The Morgan fingerprint density at radius 3 is 1.55 bits per heavy atom. The lowest BCUT2D eigenvalue weighted by Gasteiger charge is -2.39. The Kier molecular flexibility index (Phi) is 23.3. The van der Waals surface area contributed by atoms with E-state index in [4.69, 9.17) is 21.4 Å². The van der Waals surface area contributed by atoms with Crippen molar-refractivity contribution in [3.8, 4) is 51.0 Å².